The second-order valence-corrected chi connectivity index (χ2v) is 10.6. The number of urea groups is 1. The molecular weight excluding hydrogens is 442 g/mol. The van der Waals surface area contributed by atoms with E-state index < -0.39 is 17.0 Å². The second kappa shape index (κ2) is 10.7. The molecule has 0 spiro atoms. The normalized spacial score (nSPS) is 20.2. The van der Waals surface area contributed by atoms with Crippen molar-refractivity contribution in [2.45, 2.75) is 83.8 Å². The molecule has 0 radical (unpaired) electrons. The number of benzene rings is 2. The van der Waals surface area contributed by atoms with Crippen molar-refractivity contribution in [2.24, 2.45) is 0 Å². The van der Waals surface area contributed by atoms with Crippen molar-refractivity contribution in [3.63, 3.8) is 0 Å². The van der Waals surface area contributed by atoms with Gasteiger partial charge in [-0.05, 0) is 76.3 Å². The van der Waals surface area contributed by atoms with E-state index in [4.69, 9.17) is 0 Å². The first kappa shape index (κ1) is 26.5. The summed E-state index contributed by atoms with van der Waals surface area (Å²) in [5.74, 6) is -0.866. The molecule has 7 nitrogen and oxygen atoms in total. The number of carbonyl (C=O) groups is 2. The van der Waals surface area contributed by atoms with Crippen LogP contribution in [0, 0.1) is 6.92 Å². The fourth-order valence-corrected chi connectivity index (χ4v) is 4.87. The Balaban J connectivity index is 1.93. The average Bonchev–Trinajstić information content (AvgIpc) is 2.76. The maximum atomic E-state index is 13.0. The third-order valence-corrected chi connectivity index (χ3v) is 7.05. The van der Waals surface area contributed by atoms with Crippen LogP contribution < -0.4 is 15.5 Å². The van der Waals surface area contributed by atoms with Crippen LogP contribution in [0.15, 0.2) is 42.5 Å². The highest BCUT2D eigenvalue weighted by atomic mass is 16.4. The van der Waals surface area contributed by atoms with Crippen molar-refractivity contribution >= 4 is 29.1 Å². The van der Waals surface area contributed by atoms with Crippen LogP contribution in [0.1, 0.15) is 70.9 Å². The topological polar surface area (TPSA) is 102 Å². The van der Waals surface area contributed by atoms with Gasteiger partial charge in [-0.15, -0.1) is 0 Å². The highest BCUT2D eigenvalue weighted by Crippen LogP contribution is 2.38. The Kier molecular flexibility index (Phi) is 8.11. The number of carboxylic acids is 1. The number of nitrogens with zero attached hydrogens (tertiary/aromatic N) is 1. The van der Waals surface area contributed by atoms with Crippen molar-refractivity contribution in [2.75, 3.05) is 22.1 Å². The van der Waals surface area contributed by atoms with E-state index in [0.29, 0.717) is 11.4 Å². The number of hydrogen-bond acceptors (Lipinski definition) is 4. The molecule has 0 unspecified atom stereocenters. The molecule has 0 atom stereocenters. The number of aryl methyl sites for hydroxylation is 1. The van der Waals surface area contributed by atoms with Crippen LogP contribution in [-0.2, 0) is 10.2 Å². The lowest BCUT2D eigenvalue weighted by Crippen LogP contribution is -2.43. The summed E-state index contributed by atoms with van der Waals surface area (Å²) in [5.41, 5.74) is 2.95. The summed E-state index contributed by atoms with van der Waals surface area (Å²) in [6, 6.07) is 13.3. The van der Waals surface area contributed by atoms with Gasteiger partial charge in [0.15, 0.2) is 0 Å². The summed E-state index contributed by atoms with van der Waals surface area (Å²) < 4.78 is 0. The number of nitrogens with one attached hydrogen (secondary N) is 2. The van der Waals surface area contributed by atoms with Gasteiger partial charge >= 0.3 is 12.0 Å². The van der Waals surface area contributed by atoms with Crippen molar-refractivity contribution in [1.29, 1.82) is 0 Å². The van der Waals surface area contributed by atoms with Crippen LogP contribution in [0.3, 0.4) is 0 Å². The minimum absolute atomic E-state index is 0.0173. The summed E-state index contributed by atoms with van der Waals surface area (Å²) in [4.78, 5) is 26.7. The van der Waals surface area contributed by atoms with Crippen molar-refractivity contribution in [3.8, 4) is 0 Å². The molecule has 0 aromatic heterocycles. The minimum atomic E-state index is -0.866. The first-order valence-electron chi connectivity index (χ1n) is 12.4. The van der Waals surface area contributed by atoms with Crippen molar-refractivity contribution < 1.29 is 19.8 Å². The number of hydrogen-bond donors (Lipinski definition) is 4. The molecule has 1 fully saturated rings. The molecule has 0 aliphatic heterocycles. The van der Waals surface area contributed by atoms with E-state index in [2.05, 4.69) is 22.5 Å². The summed E-state index contributed by atoms with van der Waals surface area (Å²) in [5, 5.41) is 25.7. The number of aliphatic hydroxyl groups is 1. The van der Waals surface area contributed by atoms with E-state index >= 15 is 0 Å². The molecule has 1 saturated carbocycles. The lowest BCUT2D eigenvalue weighted by Gasteiger charge is -2.41. The van der Waals surface area contributed by atoms with Gasteiger partial charge in [-0.3, -0.25) is 4.79 Å². The van der Waals surface area contributed by atoms with Gasteiger partial charge in [-0.1, -0.05) is 37.6 Å². The Hall–Kier alpha value is -3.06. The number of amides is 2. The molecule has 1 aliphatic rings. The van der Waals surface area contributed by atoms with Crippen LogP contribution >= 0.6 is 0 Å². The number of anilines is 3. The summed E-state index contributed by atoms with van der Waals surface area (Å²) >= 11 is 0. The Morgan fingerprint density at radius 2 is 1.71 bits per heavy atom. The summed E-state index contributed by atoms with van der Waals surface area (Å²) in [6.07, 6.45) is 3.17. The van der Waals surface area contributed by atoms with Gasteiger partial charge in [-0.25, -0.2) is 4.79 Å². The van der Waals surface area contributed by atoms with Crippen LogP contribution in [-0.4, -0.2) is 40.4 Å². The largest absolute Gasteiger partial charge is 0.481 e. The molecule has 35 heavy (non-hydrogen) atoms. The van der Waals surface area contributed by atoms with Gasteiger partial charge in [0.2, 0.25) is 0 Å². The van der Waals surface area contributed by atoms with Crippen LogP contribution in [0.2, 0.25) is 0 Å². The molecule has 190 valence electrons. The van der Waals surface area contributed by atoms with Crippen molar-refractivity contribution in [3.05, 3.63) is 53.6 Å². The summed E-state index contributed by atoms with van der Waals surface area (Å²) in [6.45, 7) is 10.5. The molecule has 1 aliphatic carbocycles. The Bertz CT molecular complexity index is 1040. The maximum Gasteiger partial charge on any atom is 0.323 e. The Morgan fingerprint density at radius 1 is 1.09 bits per heavy atom. The first-order valence-corrected chi connectivity index (χ1v) is 12.4. The molecule has 7 heteroatoms. The summed E-state index contributed by atoms with van der Waals surface area (Å²) in [7, 11) is 0. The Morgan fingerprint density at radius 3 is 2.29 bits per heavy atom. The highest BCUT2D eigenvalue weighted by molar-refractivity contribution is 6.02. The second-order valence-electron chi connectivity index (χ2n) is 10.6. The molecule has 2 aromatic carbocycles. The molecular formula is C28H39N3O4. The first-order chi connectivity index (χ1) is 16.4. The van der Waals surface area contributed by atoms with E-state index in [1.807, 2.05) is 70.2 Å². The smallest absolute Gasteiger partial charge is 0.323 e. The quantitative estimate of drug-likeness (QED) is 0.375. The monoisotopic (exact) mass is 481 g/mol. The van der Waals surface area contributed by atoms with Crippen LogP contribution in [0.4, 0.5) is 21.9 Å². The van der Waals surface area contributed by atoms with Gasteiger partial charge in [0.25, 0.3) is 0 Å². The standard InChI is InChI=1S/C28H39N3O4/c1-6-31(22-13-15-28(5,35)16-14-22)24-12-9-20(27(3,4)18-25(32)33)17-23(24)30-26(34)29-21-10-7-19(2)8-11-21/h7-12,17,22,35H,6,13-16,18H2,1-5H3,(H,32,33)(H2,29,30,34). The van der Waals surface area contributed by atoms with Crippen LogP contribution in [0.5, 0.6) is 0 Å². The molecule has 2 amide bonds. The molecule has 2 aromatic rings. The lowest BCUT2D eigenvalue weighted by atomic mass is 9.80. The third-order valence-electron chi connectivity index (χ3n) is 7.05. The molecule has 4 N–H and O–H groups in total. The average molecular weight is 482 g/mol. The Labute approximate surface area is 208 Å². The fourth-order valence-electron chi connectivity index (χ4n) is 4.87. The number of carbonyl (C=O) groups excluding carboxylic acids is 1. The van der Waals surface area contributed by atoms with E-state index in [-0.39, 0.29) is 18.5 Å². The lowest BCUT2D eigenvalue weighted by molar-refractivity contribution is -0.138. The zero-order valence-corrected chi connectivity index (χ0v) is 21.5. The third kappa shape index (κ3) is 6.98. The molecule has 3 rings (SSSR count). The number of rotatable bonds is 8. The van der Waals surface area contributed by atoms with E-state index in [1.54, 1.807) is 0 Å². The van der Waals surface area contributed by atoms with E-state index in [9.17, 15) is 19.8 Å². The van der Waals surface area contributed by atoms with E-state index in [0.717, 1.165) is 49.0 Å². The maximum absolute atomic E-state index is 13.0. The van der Waals surface area contributed by atoms with Gasteiger partial charge in [0.1, 0.15) is 0 Å². The zero-order valence-electron chi connectivity index (χ0n) is 21.5. The number of carboxylic acid groups (broad SMARTS) is 1. The van der Waals surface area contributed by atoms with Gasteiger partial charge in [-0.2, -0.15) is 0 Å². The zero-order chi connectivity index (χ0) is 25.8. The van der Waals surface area contributed by atoms with Crippen LogP contribution in [0.25, 0.3) is 0 Å². The molecule has 0 bridgehead atoms. The highest BCUT2D eigenvalue weighted by Gasteiger charge is 2.33. The predicted molar refractivity (Wildman–Crippen MR) is 141 cm³/mol. The van der Waals surface area contributed by atoms with Gasteiger partial charge < -0.3 is 25.7 Å². The predicted octanol–water partition coefficient (Wildman–Crippen LogP) is 5.91. The van der Waals surface area contributed by atoms with Crippen molar-refractivity contribution in [1.82, 2.24) is 0 Å². The van der Waals surface area contributed by atoms with Gasteiger partial charge in [0.05, 0.1) is 23.4 Å². The SMILES string of the molecule is CCN(c1ccc(C(C)(C)CC(=O)O)cc1NC(=O)Nc1ccc(C)cc1)C1CCC(C)(O)CC1. The number of aliphatic carboxylic acids is 1. The van der Waals surface area contributed by atoms with E-state index in [1.165, 1.54) is 0 Å². The van der Waals surface area contributed by atoms with Gasteiger partial charge in [0, 0.05) is 23.7 Å². The fraction of sp³-hybridized carbons (Fsp3) is 0.500. The minimum Gasteiger partial charge on any atom is -0.481 e. The molecule has 0 heterocycles. The molecule has 0 saturated heterocycles.